The van der Waals surface area contributed by atoms with E-state index in [1.165, 1.54) is 0 Å². The molecule has 0 fully saturated rings. The summed E-state index contributed by atoms with van der Waals surface area (Å²) in [5.74, 6) is -0.141. The van der Waals surface area contributed by atoms with E-state index in [2.05, 4.69) is 20.6 Å². The molecule has 29 heavy (non-hydrogen) atoms. The minimum absolute atomic E-state index is 0.141. The molecule has 0 aliphatic rings. The third kappa shape index (κ3) is 6.26. The average Bonchev–Trinajstić information content (AvgIpc) is 2.75. The van der Waals surface area contributed by atoms with Crippen molar-refractivity contribution in [2.45, 2.75) is 18.9 Å². The number of hydrogen-bond acceptors (Lipinski definition) is 4. The minimum atomic E-state index is -0.597. The quantitative estimate of drug-likeness (QED) is 0.539. The van der Waals surface area contributed by atoms with E-state index < -0.39 is 6.04 Å². The maximum Gasteiger partial charge on any atom is 0.241 e. The summed E-state index contributed by atoms with van der Waals surface area (Å²) in [6.07, 6.45) is 8.49. The largest absolute Gasteiger partial charge is 0.354 e. The van der Waals surface area contributed by atoms with Crippen LogP contribution in [0.3, 0.4) is 0 Å². The van der Waals surface area contributed by atoms with Crippen LogP contribution in [0.1, 0.15) is 22.7 Å². The summed E-state index contributed by atoms with van der Waals surface area (Å²) < 4.78 is 0. The number of carbonyl (C=O) groups is 1. The first kappa shape index (κ1) is 21.2. The molecule has 0 aliphatic carbocycles. The van der Waals surface area contributed by atoms with Gasteiger partial charge in [0.1, 0.15) is 6.04 Å². The van der Waals surface area contributed by atoms with E-state index in [9.17, 15) is 4.79 Å². The van der Waals surface area contributed by atoms with Crippen molar-refractivity contribution in [2.24, 2.45) is 0 Å². The molecular weight excluding hydrogens is 407 g/mol. The monoisotopic (exact) mass is 428 g/mol. The van der Waals surface area contributed by atoms with Crippen molar-refractivity contribution in [3.05, 3.63) is 94.0 Å². The van der Waals surface area contributed by atoms with Crippen molar-refractivity contribution in [2.75, 3.05) is 13.1 Å². The Balaban J connectivity index is 1.66. The lowest BCUT2D eigenvalue weighted by atomic mass is 10.0. The number of aromatic nitrogens is 2. The maximum atomic E-state index is 12.9. The molecular formula is C22H22Cl2N4O. The first-order valence-corrected chi connectivity index (χ1v) is 10.1. The zero-order chi connectivity index (χ0) is 20.5. The van der Waals surface area contributed by atoms with E-state index in [0.29, 0.717) is 28.7 Å². The highest BCUT2D eigenvalue weighted by Crippen LogP contribution is 2.30. The van der Waals surface area contributed by atoms with Crippen LogP contribution in [0.2, 0.25) is 10.0 Å². The van der Waals surface area contributed by atoms with Gasteiger partial charge in [-0.05, 0) is 59.9 Å². The highest BCUT2D eigenvalue weighted by Gasteiger charge is 2.23. The average molecular weight is 429 g/mol. The highest BCUT2D eigenvalue weighted by molar-refractivity contribution is 6.42. The Morgan fingerprint density at radius 2 is 1.45 bits per heavy atom. The summed E-state index contributed by atoms with van der Waals surface area (Å²) >= 11 is 12.6. The lowest BCUT2D eigenvalue weighted by Crippen LogP contribution is -2.39. The first-order valence-electron chi connectivity index (χ1n) is 9.38. The summed E-state index contributed by atoms with van der Waals surface area (Å²) in [5.41, 5.74) is 2.92. The second-order valence-electron chi connectivity index (χ2n) is 6.53. The Bertz CT molecular complexity index is 923. The number of pyridine rings is 2. The Labute approximate surface area is 180 Å². The Kier molecular flexibility index (Phi) is 7.99. The number of hydrogen-bond donors (Lipinski definition) is 2. The lowest BCUT2D eigenvalue weighted by Gasteiger charge is -2.20. The third-order valence-corrected chi connectivity index (χ3v) is 5.36. The maximum absolute atomic E-state index is 12.9. The molecule has 2 N–H and O–H groups in total. The molecule has 0 saturated carbocycles. The van der Waals surface area contributed by atoms with Crippen LogP contribution < -0.4 is 10.6 Å². The van der Waals surface area contributed by atoms with Crippen molar-refractivity contribution >= 4 is 29.1 Å². The molecule has 0 radical (unpaired) electrons. The molecule has 5 nitrogen and oxygen atoms in total. The standard InChI is InChI=1S/C22H22Cl2N4O/c23-19-3-1-2-18(20(19)24)21(27-14-8-16-4-10-25-11-5-16)22(29)28-15-9-17-6-12-26-13-7-17/h1-7,10-13,21,27H,8-9,14-15H2,(H,28,29). The van der Waals surface area contributed by atoms with Gasteiger partial charge in [0.05, 0.1) is 10.0 Å². The number of halogens is 2. The zero-order valence-electron chi connectivity index (χ0n) is 15.8. The van der Waals surface area contributed by atoms with Gasteiger partial charge >= 0.3 is 0 Å². The molecule has 1 aromatic carbocycles. The van der Waals surface area contributed by atoms with Crippen LogP contribution in [-0.4, -0.2) is 29.0 Å². The van der Waals surface area contributed by atoms with Crippen molar-refractivity contribution in [3.8, 4) is 0 Å². The Hall–Kier alpha value is -2.47. The number of nitrogens with one attached hydrogen (secondary N) is 2. The summed E-state index contributed by atoms with van der Waals surface area (Å²) in [6, 6.07) is 12.5. The van der Waals surface area contributed by atoms with E-state index in [0.717, 1.165) is 24.0 Å². The van der Waals surface area contributed by atoms with Crippen LogP contribution in [-0.2, 0) is 17.6 Å². The molecule has 7 heteroatoms. The van der Waals surface area contributed by atoms with Gasteiger partial charge in [0, 0.05) is 37.9 Å². The normalized spacial score (nSPS) is 11.8. The van der Waals surface area contributed by atoms with Gasteiger partial charge in [-0.1, -0.05) is 35.3 Å². The Morgan fingerprint density at radius 3 is 2.07 bits per heavy atom. The van der Waals surface area contributed by atoms with Gasteiger partial charge in [0.25, 0.3) is 0 Å². The van der Waals surface area contributed by atoms with Gasteiger partial charge in [-0.2, -0.15) is 0 Å². The molecule has 150 valence electrons. The van der Waals surface area contributed by atoms with Crippen molar-refractivity contribution < 1.29 is 4.79 Å². The fraction of sp³-hybridized carbons (Fsp3) is 0.227. The van der Waals surface area contributed by atoms with E-state index in [-0.39, 0.29) is 5.91 Å². The van der Waals surface area contributed by atoms with Crippen LogP contribution in [0, 0.1) is 0 Å². The molecule has 1 atom stereocenters. The molecule has 0 bridgehead atoms. The van der Waals surface area contributed by atoms with Crippen molar-refractivity contribution in [1.29, 1.82) is 0 Å². The van der Waals surface area contributed by atoms with Crippen LogP contribution in [0.4, 0.5) is 0 Å². The van der Waals surface area contributed by atoms with E-state index in [4.69, 9.17) is 23.2 Å². The van der Waals surface area contributed by atoms with Crippen molar-refractivity contribution in [1.82, 2.24) is 20.6 Å². The van der Waals surface area contributed by atoms with Crippen molar-refractivity contribution in [3.63, 3.8) is 0 Å². The molecule has 0 aliphatic heterocycles. The molecule has 2 aromatic heterocycles. The van der Waals surface area contributed by atoms with E-state index in [1.807, 2.05) is 30.3 Å². The third-order valence-electron chi connectivity index (χ3n) is 4.53. The second-order valence-corrected chi connectivity index (χ2v) is 7.32. The van der Waals surface area contributed by atoms with Crippen LogP contribution in [0.25, 0.3) is 0 Å². The van der Waals surface area contributed by atoms with Crippen LogP contribution in [0.5, 0.6) is 0 Å². The van der Waals surface area contributed by atoms with Gasteiger partial charge in [-0.25, -0.2) is 0 Å². The van der Waals surface area contributed by atoms with Crippen LogP contribution >= 0.6 is 23.2 Å². The fourth-order valence-corrected chi connectivity index (χ4v) is 3.40. The lowest BCUT2D eigenvalue weighted by molar-refractivity contribution is -0.123. The molecule has 1 unspecified atom stereocenters. The van der Waals surface area contributed by atoms with Crippen LogP contribution in [0.15, 0.2) is 67.3 Å². The van der Waals surface area contributed by atoms with Gasteiger partial charge in [0.15, 0.2) is 0 Å². The topological polar surface area (TPSA) is 66.9 Å². The number of benzene rings is 1. The number of nitrogens with zero attached hydrogens (tertiary/aromatic N) is 2. The predicted octanol–water partition coefficient (Wildman–Crippen LogP) is 4.02. The summed E-state index contributed by atoms with van der Waals surface area (Å²) in [7, 11) is 0. The fourth-order valence-electron chi connectivity index (χ4n) is 2.98. The number of carbonyl (C=O) groups excluding carboxylic acids is 1. The molecule has 2 heterocycles. The molecule has 3 rings (SSSR count). The summed E-state index contributed by atoms with van der Waals surface area (Å²) in [4.78, 5) is 21.0. The smallest absolute Gasteiger partial charge is 0.241 e. The van der Waals surface area contributed by atoms with Gasteiger partial charge in [-0.3, -0.25) is 14.8 Å². The minimum Gasteiger partial charge on any atom is -0.354 e. The number of rotatable bonds is 9. The van der Waals surface area contributed by atoms with Gasteiger partial charge in [0.2, 0.25) is 5.91 Å². The zero-order valence-corrected chi connectivity index (χ0v) is 17.3. The Morgan fingerprint density at radius 1 is 0.862 bits per heavy atom. The molecule has 0 spiro atoms. The first-order chi connectivity index (χ1) is 14.1. The second kappa shape index (κ2) is 10.9. The highest BCUT2D eigenvalue weighted by atomic mass is 35.5. The summed E-state index contributed by atoms with van der Waals surface area (Å²) in [6.45, 7) is 1.12. The van der Waals surface area contributed by atoms with Gasteiger partial charge < -0.3 is 10.6 Å². The molecule has 1 amide bonds. The molecule has 3 aromatic rings. The van der Waals surface area contributed by atoms with E-state index >= 15 is 0 Å². The van der Waals surface area contributed by atoms with E-state index in [1.54, 1.807) is 36.9 Å². The number of amides is 1. The summed E-state index contributed by atoms with van der Waals surface area (Å²) in [5, 5.41) is 7.12. The SMILES string of the molecule is O=C(NCCc1ccncc1)C(NCCc1ccncc1)c1cccc(Cl)c1Cl. The molecule has 0 saturated heterocycles. The predicted molar refractivity (Wildman–Crippen MR) is 116 cm³/mol. The van der Waals surface area contributed by atoms with Gasteiger partial charge in [-0.15, -0.1) is 0 Å².